The summed E-state index contributed by atoms with van der Waals surface area (Å²) in [7, 11) is 0. The highest BCUT2D eigenvalue weighted by molar-refractivity contribution is 5.11. The molecule has 0 aliphatic carbocycles. The van der Waals surface area contributed by atoms with E-state index in [0.717, 1.165) is 0 Å². The van der Waals surface area contributed by atoms with Crippen molar-refractivity contribution < 1.29 is 4.42 Å². The molecule has 0 N–H and O–H groups in total. The molecule has 4 aromatic rings. The van der Waals surface area contributed by atoms with E-state index in [2.05, 4.69) is 29.0 Å². The van der Waals surface area contributed by atoms with Crippen LogP contribution in [0.15, 0.2) is 102 Å². The zero-order chi connectivity index (χ0) is 19.7. The predicted octanol–water partition coefficient (Wildman–Crippen LogP) is 6.36. The zero-order valence-electron chi connectivity index (χ0n) is 16.5. The lowest BCUT2D eigenvalue weighted by atomic mass is 10.2. The molecule has 3 nitrogen and oxygen atoms in total. The van der Waals surface area contributed by atoms with Crippen molar-refractivity contribution in [2.75, 3.05) is 0 Å². The average molecular weight is 361 g/mol. The lowest BCUT2D eigenvalue weighted by Crippen LogP contribution is -1.69. The number of nitrogens with zero attached hydrogens (tertiary/aromatic N) is 2. The third kappa shape index (κ3) is 12.8. The number of benzene rings is 1. The van der Waals surface area contributed by atoms with E-state index in [9.17, 15) is 0 Å². The van der Waals surface area contributed by atoms with Crippen LogP contribution in [0.4, 0.5) is 0 Å². The fraction of sp³-hybridized carbons (Fsp3) is 0.167. The Balaban J connectivity index is 0.000000180. The molecule has 1 aromatic carbocycles. The van der Waals surface area contributed by atoms with Crippen molar-refractivity contribution >= 4 is 0 Å². The summed E-state index contributed by atoms with van der Waals surface area (Å²) in [5, 5.41) is 0. The average Bonchev–Trinajstić information content (AvgIpc) is 3.16. The van der Waals surface area contributed by atoms with Gasteiger partial charge in [-0.3, -0.25) is 9.97 Å². The third-order valence-corrected chi connectivity index (χ3v) is 3.26. The van der Waals surface area contributed by atoms with Gasteiger partial charge in [-0.15, -0.1) is 0 Å². The summed E-state index contributed by atoms with van der Waals surface area (Å²) in [6, 6.07) is 20.1. The fourth-order valence-corrected chi connectivity index (χ4v) is 1.74. The topological polar surface area (TPSA) is 38.9 Å². The van der Waals surface area contributed by atoms with Crippen molar-refractivity contribution in [1.29, 1.82) is 0 Å². The van der Waals surface area contributed by atoms with Crippen LogP contribution < -0.4 is 0 Å². The molecule has 3 aromatic heterocycles. The molecular formula is C24H28N2O. The summed E-state index contributed by atoms with van der Waals surface area (Å²) in [4.78, 5) is 7.73. The molecule has 0 saturated heterocycles. The minimum absolute atomic E-state index is 1.18. The van der Waals surface area contributed by atoms with Crippen molar-refractivity contribution in [1.82, 2.24) is 9.97 Å². The maximum atomic E-state index is 4.71. The molecule has 0 aliphatic rings. The number of pyridine rings is 2. The van der Waals surface area contributed by atoms with Crippen molar-refractivity contribution in [3.63, 3.8) is 0 Å². The highest BCUT2D eigenvalue weighted by atomic mass is 16.3. The van der Waals surface area contributed by atoms with Crippen molar-refractivity contribution in [2.45, 2.75) is 27.7 Å². The van der Waals surface area contributed by atoms with Crippen molar-refractivity contribution in [2.24, 2.45) is 0 Å². The highest BCUT2D eigenvalue weighted by Gasteiger charge is 1.76. The molecule has 0 unspecified atom stereocenters. The number of furan rings is 1. The van der Waals surface area contributed by atoms with Gasteiger partial charge in [0.05, 0.1) is 12.5 Å². The fourth-order valence-electron chi connectivity index (χ4n) is 1.74. The van der Waals surface area contributed by atoms with Gasteiger partial charge in [-0.2, -0.15) is 0 Å². The van der Waals surface area contributed by atoms with Gasteiger partial charge >= 0.3 is 0 Å². The van der Waals surface area contributed by atoms with Gasteiger partial charge in [0.15, 0.2) is 0 Å². The minimum Gasteiger partial charge on any atom is -0.472 e. The van der Waals surface area contributed by atoms with Crippen LogP contribution in [0.25, 0.3) is 0 Å². The van der Waals surface area contributed by atoms with Crippen molar-refractivity contribution in [3.05, 3.63) is 120 Å². The van der Waals surface area contributed by atoms with E-state index in [1.165, 1.54) is 22.3 Å². The van der Waals surface area contributed by atoms with Gasteiger partial charge in [0.1, 0.15) is 0 Å². The first kappa shape index (κ1) is 21.8. The van der Waals surface area contributed by atoms with Crippen LogP contribution in [0.2, 0.25) is 0 Å². The van der Waals surface area contributed by atoms with Gasteiger partial charge in [0.25, 0.3) is 0 Å². The summed E-state index contributed by atoms with van der Waals surface area (Å²) in [6.07, 6.45) is 10.5. The lowest BCUT2D eigenvalue weighted by molar-refractivity contribution is 0.565. The van der Waals surface area contributed by atoms with E-state index in [-0.39, 0.29) is 0 Å². The quantitative estimate of drug-likeness (QED) is 0.366. The van der Waals surface area contributed by atoms with Gasteiger partial charge in [0.2, 0.25) is 0 Å². The molecule has 140 valence electrons. The number of hydrogen-bond donors (Lipinski definition) is 0. The Morgan fingerprint density at radius 3 is 1.44 bits per heavy atom. The minimum atomic E-state index is 1.18. The van der Waals surface area contributed by atoms with E-state index in [0.29, 0.717) is 0 Å². The van der Waals surface area contributed by atoms with Gasteiger partial charge in [-0.05, 0) is 68.7 Å². The standard InChI is InChI=1S/C7H8.2C6H7N.C5H6O/c1-7-5-3-2-4-6-7;1-6-2-4-7-5-3-6;1-6-3-2-4-7-5-6;1-5-2-3-6-4-5/h2-6H,1H3;2*2-5H,1H3;2-4H,1H3. The Labute approximate surface area is 162 Å². The van der Waals surface area contributed by atoms with E-state index < -0.39 is 0 Å². The van der Waals surface area contributed by atoms with Crippen molar-refractivity contribution in [3.8, 4) is 0 Å². The van der Waals surface area contributed by atoms with Crippen LogP contribution in [-0.2, 0) is 0 Å². The largest absolute Gasteiger partial charge is 0.472 e. The Hall–Kier alpha value is -3.20. The Bertz CT molecular complexity index is 710. The first-order valence-corrected chi connectivity index (χ1v) is 8.81. The molecule has 0 radical (unpaired) electrons. The third-order valence-electron chi connectivity index (χ3n) is 3.26. The summed E-state index contributed by atoms with van der Waals surface area (Å²) >= 11 is 0. The van der Waals surface area contributed by atoms with Gasteiger partial charge in [-0.1, -0.05) is 42.0 Å². The number of aromatic nitrogens is 2. The molecule has 3 heterocycles. The summed E-state index contributed by atoms with van der Waals surface area (Å²) in [5.74, 6) is 0. The summed E-state index contributed by atoms with van der Waals surface area (Å²) in [6.45, 7) is 8.14. The molecule has 4 rings (SSSR count). The van der Waals surface area contributed by atoms with Crippen LogP contribution >= 0.6 is 0 Å². The molecule has 0 bridgehead atoms. The molecule has 0 amide bonds. The van der Waals surface area contributed by atoms with Crippen LogP contribution in [-0.4, -0.2) is 9.97 Å². The molecule has 0 saturated carbocycles. The summed E-state index contributed by atoms with van der Waals surface area (Å²) in [5.41, 5.74) is 4.97. The van der Waals surface area contributed by atoms with Crippen LogP contribution in [0.3, 0.4) is 0 Å². The monoisotopic (exact) mass is 360 g/mol. The maximum absolute atomic E-state index is 4.71. The summed E-state index contributed by atoms with van der Waals surface area (Å²) < 4.78 is 4.71. The van der Waals surface area contributed by atoms with Crippen LogP contribution in [0.1, 0.15) is 22.3 Å². The first-order chi connectivity index (χ1) is 13.1. The molecule has 0 aliphatic heterocycles. The van der Waals surface area contributed by atoms with E-state index in [4.69, 9.17) is 4.42 Å². The molecule has 0 atom stereocenters. The second-order valence-electron chi connectivity index (χ2n) is 6.01. The second kappa shape index (κ2) is 14.0. The van der Waals surface area contributed by atoms with Crippen LogP contribution in [0.5, 0.6) is 0 Å². The SMILES string of the molecule is Cc1ccccc1.Cc1cccnc1.Cc1ccncc1.Cc1ccoc1. The van der Waals surface area contributed by atoms with E-state index in [1.807, 2.05) is 75.5 Å². The number of aryl methyl sites for hydroxylation is 4. The van der Waals surface area contributed by atoms with Gasteiger partial charge < -0.3 is 4.42 Å². The Morgan fingerprint density at radius 2 is 1.19 bits per heavy atom. The number of hydrogen-bond acceptors (Lipinski definition) is 3. The predicted molar refractivity (Wildman–Crippen MR) is 113 cm³/mol. The molecular weight excluding hydrogens is 332 g/mol. The van der Waals surface area contributed by atoms with Gasteiger partial charge in [-0.25, -0.2) is 0 Å². The van der Waals surface area contributed by atoms with Gasteiger partial charge in [0, 0.05) is 24.8 Å². The Kier molecular flexibility index (Phi) is 11.3. The highest BCUT2D eigenvalue weighted by Crippen LogP contribution is 1.93. The normalized spacial score (nSPS) is 8.74. The smallest absolute Gasteiger partial charge is 0.0931 e. The number of rotatable bonds is 0. The Morgan fingerprint density at radius 1 is 0.556 bits per heavy atom. The second-order valence-corrected chi connectivity index (χ2v) is 6.01. The first-order valence-electron chi connectivity index (χ1n) is 8.81. The lowest BCUT2D eigenvalue weighted by Gasteiger charge is -1.82. The molecule has 27 heavy (non-hydrogen) atoms. The zero-order valence-corrected chi connectivity index (χ0v) is 16.5. The van der Waals surface area contributed by atoms with E-state index in [1.54, 1.807) is 31.1 Å². The van der Waals surface area contributed by atoms with Crippen LogP contribution in [0, 0.1) is 27.7 Å². The molecule has 3 heteroatoms. The van der Waals surface area contributed by atoms with E-state index >= 15 is 0 Å². The molecule has 0 spiro atoms. The molecule has 0 fully saturated rings. The maximum Gasteiger partial charge on any atom is 0.0931 e.